The van der Waals surface area contributed by atoms with Gasteiger partial charge in [0.1, 0.15) is 0 Å². The Balaban J connectivity index is 3.77. The maximum atomic E-state index is 10.7. The van der Waals surface area contributed by atoms with Gasteiger partial charge in [-0.05, 0) is 24.2 Å². The molecule has 0 aliphatic rings. The molecule has 0 heterocycles. The molecule has 3 unspecified atom stereocenters. The molecule has 0 radical (unpaired) electrons. The van der Waals surface area contributed by atoms with E-state index in [1.807, 2.05) is 0 Å². The molecule has 0 aliphatic heterocycles. The van der Waals surface area contributed by atoms with Gasteiger partial charge in [0, 0.05) is 6.92 Å². The molecule has 0 spiro atoms. The van der Waals surface area contributed by atoms with Gasteiger partial charge in [0.05, 0.1) is 6.61 Å². The van der Waals surface area contributed by atoms with Crippen LogP contribution in [0.25, 0.3) is 0 Å². The number of ether oxygens (including phenoxy) is 1. The van der Waals surface area contributed by atoms with Crippen molar-refractivity contribution in [2.24, 2.45) is 17.8 Å². The molecule has 0 bridgehead atoms. The Labute approximate surface area is 107 Å². The summed E-state index contributed by atoms with van der Waals surface area (Å²) in [7, 11) is 0. The first-order valence-electron chi connectivity index (χ1n) is 7.14. The average molecular weight is 242 g/mol. The van der Waals surface area contributed by atoms with Crippen LogP contribution in [-0.4, -0.2) is 12.6 Å². The van der Waals surface area contributed by atoms with Crippen molar-refractivity contribution in [2.75, 3.05) is 6.61 Å². The Morgan fingerprint density at radius 3 is 2.12 bits per heavy atom. The van der Waals surface area contributed by atoms with E-state index in [-0.39, 0.29) is 5.97 Å². The monoisotopic (exact) mass is 242 g/mol. The largest absolute Gasteiger partial charge is 0.466 e. The van der Waals surface area contributed by atoms with Gasteiger partial charge < -0.3 is 4.74 Å². The molecule has 0 aromatic rings. The minimum absolute atomic E-state index is 0.159. The molecule has 0 aromatic heterocycles. The van der Waals surface area contributed by atoms with Gasteiger partial charge in [0.25, 0.3) is 0 Å². The third-order valence-corrected chi connectivity index (χ3v) is 4.05. The van der Waals surface area contributed by atoms with E-state index in [9.17, 15) is 4.79 Å². The number of esters is 1. The van der Waals surface area contributed by atoms with E-state index >= 15 is 0 Å². The average Bonchev–Trinajstić information content (AvgIpc) is 2.31. The van der Waals surface area contributed by atoms with Crippen LogP contribution in [0.5, 0.6) is 0 Å². The highest BCUT2D eigenvalue weighted by Gasteiger charge is 2.13. The normalized spacial score (nSPS) is 16.3. The van der Waals surface area contributed by atoms with Crippen LogP contribution in [-0.2, 0) is 9.53 Å². The molecule has 0 N–H and O–H groups in total. The van der Waals surface area contributed by atoms with Crippen LogP contribution in [0.2, 0.25) is 0 Å². The highest BCUT2D eigenvalue weighted by Crippen LogP contribution is 2.24. The zero-order valence-corrected chi connectivity index (χ0v) is 12.3. The molecule has 2 nitrogen and oxygen atoms in total. The summed E-state index contributed by atoms with van der Waals surface area (Å²) in [4.78, 5) is 10.7. The van der Waals surface area contributed by atoms with Crippen LogP contribution < -0.4 is 0 Å². The highest BCUT2D eigenvalue weighted by atomic mass is 16.5. The predicted molar refractivity (Wildman–Crippen MR) is 72.9 cm³/mol. The molecule has 0 aliphatic carbocycles. The predicted octanol–water partition coefficient (Wildman–Crippen LogP) is 4.43. The van der Waals surface area contributed by atoms with E-state index in [0.29, 0.717) is 12.5 Å². The Kier molecular flexibility index (Phi) is 9.20. The second-order valence-electron chi connectivity index (χ2n) is 5.34. The van der Waals surface area contributed by atoms with Gasteiger partial charge in [0.2, 0.25) is 0 Å². The molecule has 17 heavy (non-hydrogen) atoms. The topological polar surface area (TPSA) is 26.3 Å². The van der Waals surface area contributed by atoms with Crippen molar-refractivity contribution >= 4 is 5.97 Å². The van der Waals surface area contributed by atoms with Crippen molar-refractivity contribution < 1.29 is 9.53 Å². The van der Waals surface area contributed by atoms with Crippen molar-refractivity contribution in [2.45, 2.75) is 66.7 Å². The van der Waals surface area contributed by atoms with E-state index in [2.05, 4.69) is 27.7 Å². The summed E-state index contributed by atoms with van der Waals surface area (Å²) < 4.78 is 5.01. The number of hydrogen-bond donors (Lipinski definition) is 0. The quantitative estimate of drug-likeness (QED) is 0.559. The van der Waals surface area contributed by atoms with Gasteiger partial charge in [-0.3, -0.25) is 4.79 Å². The fourth-order valence-electron chi connectivity index (χ4n) is 2.11. The van der Waals surface area contributed by atoms with Crippen LogP contribution in [0.1, 0.15) is 66.7 Å². The Bertz CT molecular complexity index is 201. The van der Waals surface area contributed by atoms with E-state index < -0.39 is 0 Å². The molecule has 0 aromatic carbocycles. The lowest BCUT2D eigenvalue weighted by Crippen LogP contribution is -2.11. The molecule has 0 rings (SSSR count). The van der Waals surface area contributed by atoms with Gasteiger partial charge >= 0.3 is 5.97 Å². The van der Waals surface area contributed by atoms with Crippen LogP contribution in [0.4, 0.5) is 0 Å². The summed E-state index contributed by atoms with van der Waals surface area (Å²) in [5, 5.41) is 0. The van der Waals surface area contributed by atoms with Gasteiger partial charge in [-0.2, -0.15) is 0 Å². The summed E-state index contributed by atoms with van der Waals surface area (Å²) in [6.45, 7) is 11.3. The van der Waals surface area contributed by atoms with Crippen LogP contribution in [0.3, 0.4) is 0 Å². The van der Waals surface area contributed by atoms with Gasteiger partial charge in [-0.1, -0.05) is 53.4 Å². The summed E-state index contributed by atoms with van der Waals surface area (Å²) in [5.41, 5.74) is 0. The van der Waals surface area contributed by atoms with Crippen molar-refractivity contribution in [1.82, 2.24) is 0 Å². The fourth-order valence-corrected chi connectivity index (χ4v) is 2.11. The first-order chi connectivity index (χ1) is 8.01. The fraction of sp³-hybridized carbons (Fsp3) is 0.933. The Hall–Kier alpha value is -0.530. The standard InChI is InChI=1S/C15H30O2/c1-6-12(3)13(4)8-9-15(7-2)10-11-17-14(5)16/h12-13,15H,6-11H2,1-5H3. The maximum absolute atomic E-state index is 10.7. The minimum Gasteiger partial charge on any atom is -0.466 e. The SMILES string of the molecule is CCC(CCOC(C)=O)CCC(C)C(C)CC. The molecule has 0 amide bonds. The molecule has 0 saturated carbocycles. The molecule has 3 atom stereocenters. The van der Waals surface area contributed by atoms with Crippen LogP contribution in [0.15, 0.2) is 0 Å². The van der Waals surface area contributed by atoms with Crippen LogP contribution in [0, 0.1) is 17.8 Å². The molecule has 102 valence electrons. The van der Waals surface area contributed by atoms with Crippen LogP contribution >= 0.6 is 0 Å². The first-order valence-corrected chi connectivity index (χ1v) is 7.14. The van der Waals surface area contributed by atoms with E-state index in [1.165, 1.54) is 32.6 Å². The smallest absolute Gasteiger partial charge is 0.302 e. The van der Waals surface area contributed by atoms with Gasteiger partial charge in [-0.15, -0.1) is 0 Å². The first kappa shape index (κ1) is 16.5. The van der Waals surface area contributed by atoms with E-state index in [1.54, 1.807) is 0 Å². The van der Waals surface area contributed by atoms with Crippen molar-refractivity contribution in [1.29, 1.82) is 0 Å². The van der Waals surface area contributed by atoms with Crippen molar-refractivity contribution in [3.8, 4) is 0 Å². The lowest BCUT2D eigenvalue weighted by Gasteiger charge is -2.21. The Morgan fingerprint density at radius 2 is 1.65 bits per heavy atom. The molecular formula is C15H30O2. The zero-order chi connectivity index (χ0) is 13.3. The second-order valence-corrected chi connectivity index (χ2v) is 5.34. The maximum Gasteiger partial charge on any atom is 0.302 e. The summed E-state index contributed by atoms with van der Waals surface area (Å²) in [6, 6.07) is 0. The summed E-state index contributed by atoms with van der Waals surface area (Å²) >= 11 is 0. The summed E-state index contributed by atoms with van der Waals surface area (Å²) in [5.74, 6) is 2.18. The third-order valence-electron chi connectivity index (χ3n) is 4.05. The number of carbonyl (C=O) groups excluding carboxylic acids is 1. The molecule has 2 heteroatoms. The highest BCUT2D eigenvalue weighted by molar-refractivity contribution is 5.65. The molecular weight excluding hydrogens is 212 g/mol. The Morgan fingerprint density at radius 1 is 1.00 bits per heavy atom. The van der Waals surface area contributed by atoms with E-state index in [0.717, 1.165) is 18.3 Å². The number of hydrogen-bond acceptors (Lipinski definition) is 2. The third kappa shape index (κ3) is 8.23. The lowest BCUT2D eigenvalue weighted by molar-refractivity contribution is -0.141. The van der Waals surface area contributed by atoms with Crippen molar-refractivity contribution in [3.63, 3.8) is 0 Å². The second kappa shape index (κ2) is 9.49. The van der Waals surface area contributed by atoms with E-state index in [4.69, 9.17) is 4.74 Å². The number of rotatable bonds is 9. The van der Waals surface area contributed by atoms with Crippen molar-refractivity contribution in [3.05, 3.63) is 0 Å². The number of carbonyl (C=O) groups is 1. The molecule has 0 fully saturated rings. The summed E-state index contributed by atoms with van der Waals surface area (Å²) in [6.07, 6.45) is 6.04. The molecule has 0 saturated heterocycles. The minimum atomic E-state index is -0.159. The lowest BCUT2D eigenvalue weighted by atomic mass is 9.85. The van der Waals surface area contributed by atoms with Gasteiger partial charge in [-0.25, -0.2) is 0 Å². The van der Waals surface area contributed by atoms with Gasteiger partial charge in [0.15, 0.2) is 0 Å². The zero-order valence-electron chi connectivity index (χ0n) is 12.3.